The number of aromatic nitrogens is 3. The van der Waals surface area contributed by atoms with E-state index in [0.717, 1.165) is 4.68 Å². The van der Waals surface area contributed by atoms with Gasteiger partial charge in [0.15, 0.2) is 0 Å². The van der Waals surface area contributed by atoms with Gasteiger partial charge < -0.3 is 10.5 Å². The number of hydrogen-bond acceptors (Lipinski definition) is 7. The molecule has 4 rings (SSSR count). The molecule has 10 nitrogen and oxygen atoms in total. The molecule has 1 heterocycles. The first-order valence-electron chi connectivity index (χ1n) is 12.6. The normalized spacial score (nSPS) is 11.9. The van der Waals surface area contributed by atoms with E-state index in [4.69, 9.17) is 22.1 Å². The molecule has 0 bridgehead atoms. The number of hydrogen-bond donors (Lipinski definition) is 2. The molecule has 0 aliphatic rings. The summed E-state index contributed by atoms with van der Waals surface area (Å²) in [4.78, 5) is 25.2. The molecule has 0 atom stereocenters. The Balaban J connectivity index is 1.67. The van der Waals surface area contributed by atoms with Gasteiger partial charge in [0, 0.05) is 23.2 Å². The fraction of sp³-hybridized carbons (Fsp3) is 0.250. The van der Waals surface area contributed by atoms with Gasteiger partial charge in [-0.3, -0.25) is 4.57 Å². The Kier molecular flexibility index (Phi) is 8.27. The maximum Gasteiger partial charge on any atom is 0.421 e. The van der Waals surface area contributed by atoms with Crippen LogP contribution in [0, 0.1) is 5.82 Å². The molecule has 41 heavy (non-hydrogen) atoms. The van der Waals surface area contributed by atoms with Crippen molar-refractivity contribution < 1.29 is 22.3 Å². The minimum absolute atomic E-state index is 0.131. The molecule has 0 aliphatic carbocycles. The molecule has 0 saturated heterocycles. The minimum atomic E-state index is -4.35. The molecule has 216 valence electrons. The Hall–Kier alpha value is -4.16. The summed E-state index contributed by atoms with van der Waals surface area (Å²) in [7, 11) is -4.35. The van der Waals surface area contributed by atoms with E-state index >= 15 is 4.39 Å². The average Bonchev–Trinajstić information content (AvgIpc) is 3.20. The van der Waals surface area contributed by atoms with Crippen LogP contribution in [0.3, 0.4) is 0 Å². The van der Waals surface area contributed by atoms with Crippen LogP contribution >= 0.6 is 11.6 Å². The third kappa shape index (κ3) is 6.60. The molecule has 0 unspecified atom stereocenters. The fourth-order valence-electron chi connectivity index (χ4n) is 4.12. The zero-order valence-corrected chi connectivity index (χ0v) is 24.4. The van der Waals surface area contributed by atoms with Crippen LogP contribution in [0.25, 0.3) is 16.8 Å². The van der Waals surface area contributed by atoms with Crippen molar-refractivity contribution in [3.05, 3.63) is 93.4 Å². The molecule has 13 heteroatoms. The lowest BCUT2D eigenvalue weighted by Crippen LogP contribution is -2.36. The monoisotopic (exact) mass is 601 g/mol. The van der Waals surface area contributed by atoms with Gasteiger partial charge in [0.25, 0.3) is 10.0 Å². The highest BCUT2D eigenvalue weighted by Gasteiger charge is 2.26. The maximum atomic E-state index is 15.4. The van der Waals surface area contributed by atoms with E-state index in [9.17, 15) is 18.0 Å². The summed E-state index contributed by atoms with van der Waals surface area (Å²) in [5, 5.41) is 4.65. The number of nitrogens with two attached hydrogens (primary N) is 1. The average molecular weight is 602 g/mol. The minimum Gasteiger partial charge on any atom is -0.443 e. The number of carbonyl (C=O) groups excluding carboxylic acids is 1. The van der Waals surface area contributed by atoms with Crippen LogP contribution in [-0.4, -0.2) is 34.5 Å². The highest BCUT2D eigenvalue weighted by Crippen LogP contribution is 2.29. The summed E-state index contributed by atoms with van der Waals surface area (Å²) >= 11 is 6.27. The van der Waals surface area contributed by atoms with Crippen LogP contribution in [0.15, 0.2) is 70.4 Å². The predicted molar refractivity (Wildman–Crippen MR) is 154 cm³/mol. The number of rotatable bonds is 7. The largest absolute Gasteiger partial charge is 0.443 e. The molecule has 3 aromatic carbocycles. The van der Waals surface area contributed by atoms with Crippen molar-refractivity contribution in [1.29, 1.82) is 0 Å². The number of ether oxygens (including phenoxy) is 1. The lowest BCUT2D eigenvalue weighted by Gasteiger charge is -2.20. The first-order valence-corrected chi connectivity index (χ1v) is 14.4. The number of nitrogen functional groups attached to an aromatic ring is 1. The molecule has 1 aromatic heterocycles. The second-order valence-corrected chi connectivity index (χ2v) is 12.2. The lowest BCUT2D eigenvalue weighted by atomic mass is 10.0. The van der Waals surface area contributed by atoms with Gasteiger partial charge in [-0.2, -0.15) is 4.68 Å². The lowest BCUT2D eigenvalue weighted by molar-refractivity contribution is 0.0570. The van der Waals surface area contributed by atoms with Crippen molar-refractivity contribution in [2.45, 2.75) is 51.2 Å². The second kappa shape index (κ2) is 11.4. The van der Waals surface area contributed by atoms with Crippen LogP contribution in [-0.2, 0) is 27.7 Å². The summed E-state index contributed by atoms with van der Waals surface area (Å²) in [6, 6.07) is 14.7. The van der Waals surface area contributed by atoms with Gasteiger partial charge >= 0.3 is 11.8 Å². The topological polar surface area (TPSA) is 138 Å². The SMILES string of the molecule is CCc1nn(-c2cc(N)ccc2Cl)c(=O)n1Cc1ccc(-c2ccccc2S(=O)(=O)NC(=O)OC(C)(C)C)cc1F. The third-order valence-corrected chi connectivity index (χ3v) is 7.63. The Morgan fingerprint density at radius 2 is 1.83 bits per heavy atom. The van der Waals surface area contributed by atoms with Crippen molar-refractivity contribution in [2.75, 3.05) is 5.73 Å². The van der Waals surface area contributed by atoms with E-state index in [-0.39, 0.29) is 33.2 Å². The van der Waals surface area contributed by atoms with E-state index in [1.807, 2.05) is 11.6 Å². The molecule has 4 aromatic rings. The number of benzene rings is 3. The Bertz CT molecular complexity index is 1790. The summed E-state index contributed by atoms with van der Waals surface area (Å²) in [5.41, 5.74) is 5.73. The molecule has 0 spiro atoms. The van der Waals surface area contributed by atoms with Crippen molar-refractivity contribution in [3.8, 4) is 16.8 Å². The summed E-state index contributed by atoms with van der Waals surface area (Å²) < 4.78 is 50.9. The zero-order chi connectivity index (χ0) is 30.1. The number of amides is 1. The number of nitrogens with one attached hydrogen (secondary N) is 1. The van der Waals surface area contributed by atoms with Crippen molar-refractivity contribution in [2.24, 2.45) is 0 Å². The second-order valence-electron chi connectivity index (χ2n) is 10.2. The zero-order valence-electron chi connectivity index (χ0n) is 22.8. The van der Waals surface area contributed by atoms with Crippen LogP contribution in [0.2, 0.25) is 5.02 Å². The molecule has 3 N–H and O–H groups in total. The van der Waals surface area contributed by atoms with Crippen molar-refractivity contribution in [3.63, 3.8) is 0 Å². The molecule has 0 aliphatic heterocycles. The van der Waals surface area contributed by atoms with Gasteiger partial charge in [0.1, 0.15) is 17.2 Å². The van der Waals surface area contributed by atoms with Crippen LogP contribution in [0.4, 0.5) is 14.9 Å². The summed E-state index contributed by atoms with van der Waals surface area (Å²) in [6.07, 6.45) is -0.747. The van der Waals surface area contributed by atoms with Gasteiger partial charge in [-0.1, -0.05) is 48.9 Å². The highest BCUT2D eigenvalue weighted by molar-refractivity contribution is 7.90. The molecular weight excluding hydrogens is 573 g/mol. The van der Waals surface area contributed by atoms with Crippen LogP contribution < -0.4 is 16.1 Å². The highest BCUT2D eigenvalue weighted by atomic mass is 35.5. The quantitative estimate of drug-likeness (QED) is 0.287. The van der Waals surface area contributed by atoms with E-state index in [2.05, 4.69) is 5.10 Å². The summed E-state index contributed by atoms with van der Waals surface area (Å²) in [5.74, 6) is -0.264. The van der Waals surface area contributed by atoms with Gasteiger partial charge in [0.2, 0.25) is 0 Å². The fourth-order valence-corrected chi connectivity index (χ4v) is 5.42. The van der Waals surface area contributed by atoms with E-state index < -0.39 is 33.2 Å². The number of nitrogens with zero attached hydrogens (tertiary/aromatic N) is 3. The molecule has 0 saturated carbocycles. The Morgan fingerprint density at radius 3 is 2.49 bits per heavy atom. The Labute approximate surface area is 241 Å². The van der Waals surface area contributed by atoms with Gasteiger partial charge in [-0.15, -0.1) is 5.10 Å². The number of anilines is 1. The molecular formula is C28H29ClFN5O5S. The van der Waals surface area contributed by atoms with Crippen molar-refractivity contribution in [1.82, 2.24) is 19.1 Å². The van der Waals surface area contributed by atoms with E-state index in [1.165, 1.54) is 47.0 Å². The number of sulfonamides is 1. The van der Waals surface area contributed by atoms with Gasteiger partial charge in [0.05, 0.1) is 22.2 Å². The summed E-state index contributed by atoms with van der Waals surface area (Å²) in [6.45, 7) is 6.49. The number of aryl methyl sites for hydroxylation is 1. The first-order chi connectivity index (χ1) is 19.2. The molecule has 1 amide bonds. The van der Waals surface area contributed by atoms with Gasteiger partial charge in [-0.05, 0) is 56.7 Å². The predicted octanol–water partition coefficient (Wildman–Crippen LogP) is 4.90. The Morgan fingerprint density at radius 1 is 1.12 bits per heavy atom. The standard InChI is InChI=1S/C28H29ClFN5O5S/c1-5-25-32-35(23-15-19(31)12-13-21(23)29)27(37)34(25)16-18-11-10-17(14-22(18)30)20-8-6-7-9-24(20)41(38,39)33-26(36)40-28(2,3)4/h6-15H,5,16,31H2,1-4H3,(H,33,36). The van der Waals surface area contributed by atoms with E-state index in [1.54, 1.807) is 39.0 Å². The maximum absolute atomic E-state index is 15.4. The van der Waals surface area contributed by atoms with Gasteiger partial charge in [-0.25, -0.2) is 27.1 Å². The van der Waals surface area contributed by atoms with Crippen molar-refractivity contribution >= 4 is 33.4 Å². The molecule has 0 radical (unpaired) electrons. The number of carbonyl (C=O) groups is 1. The first kappa shape index (κ1) is 29.8. The third-order valence-electron chi connectivity index (χ3n) is 5.94. The van der Waals surface area contributed by atoms with Crippen LogP contribution in [0.1, 0.15) is 39.1 Å². The van der Waals surface area contributed by atoms with E-state index in [0.29, 0.717) is 23.6 Å². The smallest absolute Gasteiger partial charge is 0.421 e. The molecule has 0 fully saturated rings. The number of halogens is 2. The van der Waals surface area contributed by atoms with Crippen LogP contribution in [0.5, 0.6) is 0 Å².